The zero-order valence-corrected chi connectivity index (χ0v) is 16.5. The van der Waals surface area contributed by atoms with E-state index in [0.717, 1.165) is 37.2 Å². The van der Waals surface area contributed by atoms with Crippen molar-refractivity contribution >= 4 is 10.9 Å². The van der Waals surface area contributed by atoms with Gasteiger partial charge in [-0.25, -0.2) is 0 Å². The fourth-order valence-corrected chi connectivity index (χ4v) is 4.19. The average Bonchev–Trinajstić information content (AvgIpc) is 3.42. The Kier molecular flexibility index (Phi) is 4.77. The molecule has 6 nitrogen and oxygen atoms in total. The molecule has 1 fully saturated rings. The Bertz CT molecular complexity index is 1090. The average molecular weight is 388 g/mol. The minimum atomic E-state index is 0.552. The van der Waals surface area contributed by atoms with Crippen LogP contribution in [-0.4, -0.2) is 40.3 Å². The number of benzene rings is 2. The zero-order valence-electron chi connectivity index (χ0n) is 16.5. The molecule has 148 valence electrons. The Morgan fingerprint density at radius 2 is 1.86 bits per heavy atom. The van der Waals surface area contributed by atoms with Gasteiger partial charge in [0.2, 0.25) is 11.8 Å². The van der Waals surface area contributed by atoms with Crippen molar-refractivity contribution in [3.8, 4) is 17.2 Å². The molecule has 0 radical (unpaired) electrons. The van der Waals surface area contributed by atoms with Crippen molar-refractivity contribution in [3.05, 3.63) is 66.2 Å². The van der Waals surface area contributed by atoms with E-state index in [2.05, 4.69) is 50.5 Å². The van der Waals surface area contributed by atoms with E-state index < -0.39 is 0 Å². The first-order valence-corrected chi connectivity index (χ1v) is 10.1. The van der Waals surface area contributed by atoms with Crippen LogP contribution < -0.4 is 4.74 Å². The Labute approximate surface area is 169 Å². The van der Waals surface area contributed by atoms with Crippen molar-refractivity contribution in [2.24, 2.45) is 0 Å². The molecule has 0 aliphatic carbocycles. The number of hydrogen-bond acceptors (Lipinski definition) is 5. The first-order chi connectivity index (χ1) is 14.3. The maximum Gasteiger partial charge on any atom is 0.247 e. The number of piperidine rings is 1. The quantitative estimate of drug-likeness (QED) is 0.541. The van der Waals surface area contributed by atoms with Gasteiger partial charge in [-0.1, -0.05) is 18.2 Å². The molecule has 2 aromatic carbocycles. The fraction of sp³-hybridized carbons (Fsp3) is 0.304. The molecule has 0 spiro atoms. The summed E-state index contributed by atoms with van der Waals surface area (Å²) >= 11 is 0. The van der Waals surface area contributed by atoms with E-state index >= 15 is 0 Å². The highest BCUT2D eigenvalue weighted by Gasteiger charge is 2.24. The van der Waals surface area contributed by atoms with Crippen molar-refractivity contribution < 1.29 is 9.15 Å². The van der Waals surface area contributed by atoms with E-state index in [4.69, 9.17) is 9.15 Å². The van der Waals surface area contributed by atoms with Gasteiger partial charge < -0.3 is 14.1 Å². The predicted octanol–water partition coefficient (Wildman–Crippen LogP) is 4.61. The van der Waals surface area contributed by atoms with Crippen LogP contribution in [-0.2, 0) is 6.54 Å². The van der Waals surface area contributed by atoms with Crippen LogP contribution in [0, 0.1) is 0 Å². The maximum absolute atomic E-state index is 5.89. The lowest BCUT2D eigenvalue weighted by atomic mass is 9.89. The highest BCUT2D eigenvalue weighted by atomic mass is 16.5. The fourth-order valence-electron chi connectivity index (χ4n) is 4.19. The second kappa shape index (κ2) is 7.72. The summed E-state index contributed by atoms with van der Waals surface area (Å²) in [5.41, 5.74) is 3.57. The van der Waals surface area contributed by atoms with Gasteiger partial charge in [-0.15, -0.1) is 10.2 Å². The summed E-state index contributed by atoms with van der Waals surface area (Å²) in [6.07, 6.45) is 4.47. The van der Waals surface area contributed by atoms with Crippen molar-refractivity contribution in [1.82, 2.24) is 20.1 Å². The molecule has 0 unspecified atom stereocenters. The topological polar surface area (TPSA) is 67.2 Å². The highest BCUT2D eigenvalue weighted by molar-refractivity contribution is 5.83. The lowest BCUT2D eigenvalue weighted by molar-refractivity contribution is 0.188. The Hall–Kier alpha value is -3.12. The van der Waals surface area contributed by atoms with E-state index in [1.807, 2.05) is 24.3 Å². The molecule has 6 heteroatoms. The molecular formula is C23H24N4O2. The number of methoxy groups -OCH3 is 1. The largest absolute Gasteiger partial charge is 0.497 e. The van der Waals surface area contributed by atoms with Crippen molar-refractivity contribution in [2.75, 3.05) is 20.2 Å². The van der Waals surface area contributed by atoms with Crippen LogP contribution in [0.15, 0.2) is 59.1 Å². The van der Waals surface area contributed by atoms with Crippen LogP contribution in [0.1, 0.15) is 30.2 Å². The lowest BCUT2D eigenvalue weighted by Crippen LogP contribution is -2.32. The van der Waals surface area contributed by atoms with Crippen LogP contribution in [0.5, 0.6) is 5.75 Å². The second-order valence-corrected chi connectivity index (χ2v) is 7.57. The number of nitrogens with one attached hydrogen (secondary N) is 1. The van der Waals surface area contributed by atoms with Crippen LogP contribution in [0.3, 0.4) is 0 Å². The predicted molar refractivity (Wildman–Crippen MR) is 112 cm³/mol. The molecule has 0 saturated carbocycles. The number of hydrogen-bond donors (Lipinski definition) is 1. The number of ether oxygens (including phenoxy) is 1. The Morgan fingerprint density at radius 3 is 2.66 bits per heavy atom. The maximum atomic E-state index is 5.89. The first kappa shape index (κ1) is 17.9. The number of para-hydroxylation sites is 1. The molecule has 1 N–H and O–H groups in total. The normalized spacial score (nSPS) is 15.8. The van der Waals surface area contributed by atoms with Gasteiger partial charge in [0.05, 0.1) is 13.7 Å². The third-order valence-corrected chi connectivity index (χ3v) is 5.81. The summed E-state index contributed by atoms with van der Waals surface area (Å²) in [5.74, 6) is 2.63. The van der Waals surface area contributed by atoms with Gasteiger partial charge in [0.15, 0.2) is 0 Å². The number of rotatable bonds is 5. The number of likely N-dealkylation sites (tertiary alicyclic amines) is 1. The SMILES string of the molecule is COc1ccc(-c2nnc(CN3CCC(c4c[nH]c5ccccc45)CC3)o2)cc1. The number of aromatic nitrogens is 3. The lowest BCUT2D eigenvalue weighted by Gasteiger charge is -2.30. The van der Waals surface area contributed by atoms with Gasteiger partial charge in [0.1, 0.15) is 5.75 Å². The molecule has 0 amide bonds. The summed E-state index contributed by atoms with van der Waals surface area (Å²) in [6.45, 7) is 2.76. The smallest absolute Gasteiger partial charge is 0.247 e. The van der Waals surface area contributed by atoms with Crippen molar-refractivity contribution in [3.63, 3.8) is 0 Å². The number of fused-ring (bicyclic) bond motifs is 1. The van der Waals surface area contributed by atoms with Crippen molar-refractivity contribution in [1.29, 1.82) is 0 Å². The first-order valence-electron chi connectivity index (χ1n) is 10.1. The Balaban J connectivity index is 1.21. The van der Waals surface area contributed by atoms with Crippen LogP contribution >= 0.6 is 0 Å². The summed E-state index contributed by atoms with van der Waals surface area (Å²) in [5, 5.41) is 9.81. The molecule has 1 aliphatic heterocycles. The molecule has 0 atom stereocenters. The van der Waals surface area contributed by atoms with Crippen LogP contribution in [0.4, 0.5) is 0 Å². The third-order valence-electron chi connectivity index (χ3n) is 5.81. The molecular weight excluding hydrogens is 364 g/mol. The molecule has 1 aliphatic rings. The van der Waals surface area contributed by atoms with Gasteiger partial charge in [-0.2, -0.15) is 0 Å². The molecule has 4 aromatic rings. The third kappa shape index (κ3) is 3.63. The van der Waals surface area contributed by atoms with Gasteiger partial charge >= 0.3 is 0 Å². The van der Waals surface area contributed by atoms with E-state index in [9.17, 15) is 0 Å². The molecule has 1 saturated heterocycles. The molecule has 2 aromatic heterocycles. The highest BCUT2D eigenvalue weighted by Crippen LogP contribution is 2.33. The summed E-state index contributed by atoms with van der Waals surface area (Å²) < 4.78 is 11.1. The van der Waals surface area contributed by atoms with Gasteiger partial charge in [-0.3, -0.25) is 4.90 Å². The van der Waals surface area contributed by atoms with E-state index in [1.165, 1.54) is 16.5 Å². The summed E-state index contributed by atoms with van der Waals surface area (Å²) in [7, 11) is 1.65. The Morgan fingerprint density at radius 1 is 1.07 bits per heavy atom. The molecule has 5 rings (SSSR count). The summed E-state index contributed by atoms with van der Waals surface area (Å²) in [4.78, 5) is 5.81. The van der Waals surface area contributed by atoms with E-state index in [0.29, 0.717) is 24.2 Å². The van der Waals surface area contributed by atoms with E-state index in [1.54, 1.807) is 7.11 Å². The van der Waals surface area contributed by atoms with Crippen LogP contribution in [0.25, 0.3) is 22.4 Å². The van der Waals surface area contributed by atoms with Gasteiger partial charge in [0.25, 0.3) is 0 Å². The number of nitrogens with zero attached hydrogens (tertiary/aromatic N) is 3. The second-order valence-electron chi connectivity index (χ2n) is 7.57. The van der Waals surface area contributed by atoms with Gasteiger partial charge in [-0.05, 0) is 67.7 Å². The number of aromatic amines is 1. The van der Waals surface area contributed by atoms with Crippen LogP contribution in [0.2, 0.25) is 0 Å². The number of H-pyrrole nitrogens is 1. The molecule has 29 heavy (non-hydrogen) atoms. The zero-order chi connectivity index (χ0) is 19.6. The van der Waals surface area contributed by atoms with Gasteiger partial charge in [0, 0.05) is 22.7 Å². The minimum absolute atomic E-state index is 0.552. The molecule has 0 bridgehead atoms. The van der Waals surface area contributed by atoms with Crippen molar-refractivity contribution in [2.45, 2.75) is 25.3 Å². The monoisotopic (exact) mass is 388 g/mol. The summed E-state index contributed by atoms with van der Waals surface area (Å²) in [6, 6.07) is 16.2. The standard InChI is InChI=1S/C23H24N4O2/c1-28-18-8-6-17(7-9-18)23-26-25-22(29-23)15-27-12-10-16(11-13-27)20-14-24-21-5-3-2-4-19(20)21/h2-9,14,16,24H,10-13,15H2,1H3. The van der Waals surface area contributed by atoms with E-state index in [-0.39, 0.29) is 0 Å². The molecule has 3 heterocycles. The minimum Gasteiger partial charge on any atom is -0.497 e.